The summed E-state index contributed by atoms with van der Waals surface area (Å²) < 4.78 is 0. The largest absolute Gasteiger partial charge is 0.325 e. The predicted octanol–water partition coefficient (Wildman–Crippen LogP) is 2.66. The van der Waals surface area contributed by atoms with E-state index in [1.165, 1.54) is 16.9 Å². The van der Waals surface area contributed by atoms with Crippen LogP contribution in [0.5, 0.6) is 0 Å². The van der Waals surface area contributed by atoms with E-state index in [1.807, 2.05) is 35.2 Å². The minimum atomic E-state index is -0.416. The number of anilines is 1. The van der Waals surface area contributed by atoms with E-state index in [4.69, 9.17) is 0 Å². The van der Waals surface area contributed by atoms with Gasteiger partial charge >= 0.3 is 0 Å². The molecule has 1 aliphatic heterocycles. The van der Waals surface area contributed by atoms with Crippen molar-refractivity contribution in [3.63, 3.8) is 0 Å². The van der Waals surface area contributed by atoms with Crippen LogP contribution in [0, 0.1) is 10.1 Å². The molecule has 0 bridgehead atoms. The molecule has 0 amide bonds. The molecule has 1 aromatic heterocycles. The van der Waals surface area contributed by atoms with Gasteiger partial charge in [0.25, 0.3) is 5.69 Å². The average molecular weight is 320 g/mol. The Kier molecular flexibility index (Phi) is 3.27. The Labute approximate surface area is 136 Å². The third-order valence-corrected chi connectivity index (χ3v) is 3.80. The fourth-order valence-electron chi connectivity index (χ4n) is 2.58. The highest BCUT2D eigenvalue weighted by Crippen LogP contribution is 2.26. The van der Waals surface area contributed by atoms with Crippen molar-refractivity contribution in [3.8, 4) is 11.3 Å². The molecule has 24 heavy (non-hydrogen) atoms. The first-order valence-corrected chi connectivity index (χ1v) is 7.28. The number of aromatic nitrogens is 3. The van der Waals surface area contributed by atoms with Crippen LogP contribution in [0.25, 0.3) is 11.3 Å². The number of nitro benzene ring substituents is 1. The molecule has 4 rings (SSSR count). The normalized spacial score (nSPS) is 12.9. The second kappa shape index (κ2) is 5.58. The van der Waals surface area contributed by atoms with Crippen molar-refractivity contribution >= 4 is 17.7 Å². The first-order valence-electron chi connectivity index (χ1n) is 7.28. The molecule has 3 aromatic rings. The molecule has 2 heterocycles. The number of nitro groups is 1. The molecule has 118 valence electrons. The van der Waals surface area contributed by atoms with Gasteiger partial charge in [0.05, 0.1) is 11.5 Å². The summed E-state index contributed by atoms with van der Waals surface area (Å²) in [6.45, 7) is 0.526. The van der Waals surface area contributed by atoms with E-state index in [-0.39, 0.29) is 5.69 Å². The molecule has 0 radical (unpaired) electrons. The number of rotatable bonds is 3. The number of benzene rings is 2. The Morgan fingerprint density at radius 1 is 1.04 bits per heavy atom. The molecule has 0 saturated heterocycles. The van der Waals surface area contributed by atoms with Gasteiger partial charge in [0.2, 0.25) is 0 Å². The fourth-order valence-corrected chi connectivity index (χ4v) is 2.58. The Morgan fingerprint density at radius 3 is 2.50 bits per heavy atom. The first-order chi connectivity index (χ1) is 11.7. The van der Waals surface area contributed by atoms with Crippen LogP contribution in [0.1, 0.15) is 5.69 Å². The van der Waals surface area contributed by atoms with Crippen LogP contribution in [0.3, 0.4) is 0 Å². The molecule has 8 nitrogen and oxygen atoms in total. The molecule has 0 spiro atoms. The molecule has 8 heteroatoms. The third kappa shape index (κ3) is 2.39. The van der Waals surface area contributed by atoms with Crippen LogP contribution in [0.15, 0.2) is 59.7 Å². The van der Waals surface area contributed by atoms with Crippen LogP contribution in [-0.2, 0) is 6.54 Å². The lowest BCUT2D eigenvalue weighted by Crippen LogP contribution is -2.27. The molecule has 0 aliphatic carbocycles. The maximum absolute atomic E-state index is 10.8. The summed E-state index contributed by atoms with van der Waals surface area (Å²) in [5.74, 6) is 0. The van der Waals surface area contributed by atoms with Crippen molar-refractivity contribution in [3.05, 3.63) is 70.4 Å². The Bertz CT molecular complexity index is 918. The zero-order valence-corrected chi connectivity index (χ0v) is 12.5. The lowest BCUT2D eigenvalue weighted by atomic mass is 10.1. The number of hydrogen-bond acceptors (Lipinski definition) is 6. The molecule has 0 fully saturated rings. The van der Waals surface area contributed by atoms with Gasteiger partial charge in [0.1, 0.15) is 17.7 Å². The summed E-state index contributed by atoms with van der Waals surface area (Å²) in [4.78, 5) is 13.8. The summed E-state index contributed by atoms with van der Waals surface area (Å²) in [6.07, 6.45) is 1.64. The van der Waals surface area contributed by atoms with E-state index in [1.54, 1.807) is 18.5 Å². The molecule has 2 aromatic carbocycles. The van der Waals surface area contributed by atoms with Gasteiger partial charge in [0, 0.05) is 23.4 Å². The van der Waals surface area contributed by atoms with Gasteiger partial charge in [-0.15, -0.1) is 15.0 Å². The summed E-state index contributed by atoms with van der Waals surface area (Å²) in [7, 11) is 0. The number of fused-ring (bicyclic) bond motifs is 1. The summed E-state index contributed by atoms with van der Waals surface area (Å²) in [5.41, 5.74) is 3.49. The predicted molar refractivity (Wildman–Crippen MR) is 88.6 cm³/mol. The van der Waals surface area contributed by atoms with Crippen molar-refractivity contribution < 1.29 is 4.92 Å². The quantitative estimate of drug-likeness (QED) is 0.546. The molecule has 0 atom stereocenters. The van der Waals surface area contributed by atoms with Gasteiger partial charge in [-0.3, -0.25) is 10.1 Å². The highest BCUT2D eigenvalue weighted by atomic mass is 16.6. The fraction of sp³-hybridized carbons (Fsp3) is 0.0625. The summed E-state index contributed by atoms with van der Waals surface area (Å²) >= 11 is 0. The van der Waals surface area contributed by atoms with Crippen LogP contribution in [-0.4, -0.2) is 26.4 Å². The lowest BCUT2D eigenvalue weighted by molar-refractivity contribution is -0.384. The molecule has 0 unspecified atom stereocenters. The van der Waals surface area contributed by atoms with Gasteiger partial charge in [-0.1, -0.05) is 30.3 Å². The van der Waals surface area contributed by atoms with Gasteiger partial charge in [-0.25, -0.2) is 0 Å². The van der Waals surface area contributed by atoms with Gasteiger partial charge in [-0.2, -0.15) is 0 Å². The standard InChI is InChI=1S/C16H12N6O2/c23-22(24)14-8-6-13(7-9-14)20-10-15-16(12-4-2-1-3-5-12)18-19-21(15)17-11-20/h1-9,11H,10H2. The van der Waals surface area contributed by atoms with Gasteiger partial charge < -0.3 is 4.90 Å². The first kappa shape index (κ1) is 14.1. The minimum absolute atomic E-state index is 0.0596. The van der Waals surface area contributed by atoms with Crippen molar-refractivity contribution in [2.24, 2.45) is 5.10 Å². The summed E-state index contributed by atoms with van der Waals surface area (Å²) in [5, 5.41) is 23.3. The van der Waals surface area contributed by atoms with E-state index < -0.39 is 4.92 Å². The average Bonchev–Trinajstić information content (AvgIpc) is 3.05. The van der Waals surface area contributed by atoms with E-state index >= 15 is 0 Å². The summed E-state index contributed by atoms with van der Waals surface area (Å²) in [6, 6.07) is 16.1. The number of hydrogen-bond donors (Lipinski definition) is 0. The van der Waals surface area contributed by atoms with Crippen molar-refractivity contribution in [1.29, 1.82) is 0 Å². The molecule has 0 saturated carbocycles. The van der Waals surface area contributed by atoms with E-state index in [2.05, 4.69) is 15.4 Å². The maximum atomic E-state index is 10.8. The van der Waals surface area contributed by atoms with Crippen LogP contribution in [0.4, 0.5) is 11.4 Å². The highest BCUT2D eigenvalue weighted by molar-refractivity contribution is 5.81. The second-order valence-electron chi connectivity index (χ2n) is 5.27. The van der Waals surface area contributed by atoms with Crippen LogP contribution in [0.2, 0.25) is 0 Å². The SMILES string of the molecule is O=[N+]([O-])c1ccc(N2C=Nn3nnc(-c4ccccc4)c3C2)cc1. The highest BCUT2D eigenvalue weighted by Gasteiger charge is 2.21. The monoisotopic (exact) mass is 320 g/mol. The van der Waals surface area contributed by atoms with Gasteiger partial charge in [-0.05, 0) is 17.3 Å². The van der Waals surface area contributed by atoms with Gasteiger partial charge in [0.15, 0.2) is 0 Å². The maximum Gasteiger partial charge on any atom is 0.269 e. The van der Waals surface area contributed by atoms with E-state index in [0.29, 0.717) is 6.54 Å². The number of nitrogens with zero attached hydrogens (tertiary/aromatic N) is 6. The number of non-ortho nitro benzene ring substituents is 1. The molecular formula is C16H12N6O2. The minimum Gasteiger partial charge on any atom is -0.325 e. The second-order valence-corrected chi connectivity index (χ2v) is 5.27. The van der Waals surface area contributed by atoms with Crippen molar-refractivity contribution in [2.75, 3.05) is 4.90 Å². The molecule has 0 N–H and O–H groups in total. The Balaban J connectivity index is 1.66. The topological polar surface area (TPSA) is 89.5 Å². The van der Waals surface area contributed by atoms with E-state index in [0.717, 1.165) is 22.6 Å². The molecular weight excluding hydrogens is 308 g/mol. The van der Waals surface area contributed by atoms with E-state index in [9.17, 15) is 10.1 Å². The van der Waals surface area contributed by atoms with Crippen LogP contribution >= 0.6 is 0 Å². The Hall–Kier alpha value is -3.55. The lowest BCUT2D eigenvalue weighted by Gasteiger charge is -2.22. The third-order valence-electron chi connectivity index (χ3n) is 3.80. The van der Waals surface area contributed by atoms with Crippen molar-refractivity contribution in [1.82, 2.24) is 15.1 Å². The van der Waals surface area contributed by atoms with Crippen LogP contribution < -0.4 is 4.90 Å². The Morgan fingerprint density at radius 2 is 1.79 bits per heavy atom. The zero-order chi connectivity index (χ0) is 16.5. The smallest absolute Gasteiger partial charge is 0.269 e. The van der Waals surface area contributed by atoms with Crippen molar-refractivity contribution in [2.45, 2.75) is 6.54 Å². The molecule has 1 aliphatic rings. The zero-order valence-electron chi connectivity index (χ0n) is 12.5.